The van der Waals surface area contributed by atoms with E-state index in [0.29, 0.717) is 17.0 Å². The van der Waals surface area contributed by atoms with Crippen LogP contribution in [-0.2, 0) is 0 Å². The van der Waals surface area contributed by atoms with Gasteiger partial charge in [0.15, 0.2) is 11.5 Å². The van der Waals surface area contributed by atoms with Crippen molar-refractivity contribution in [2.75, 3.05) is 12.4 Å². The van der Waals surface area contributed by atoms with E-state index < -0.39 is 0 Å². The van der Waals surface area contributed by atoms with Crippen molar-refractivity contribution in [3.63, 3.8) is 0 Å². The van der Waals surface area contributed by atoms with E-state index in [1.54, 1.807) is 18.2 Å². The normalized spacial score (nSPS) is 10.2. The van der Waals surface area contributed by atoms with Gasteiger partial charge in [-0.3, -0.25) is 4.79 Å². The van der Waals surface area contributed by atoms with Crippen molar-refractivity contribution in [3.8, 4) is 11.5 Å². The molecule has 0 saturated carbocycles. The number of anilines is 1. The number of hydrogen-bond acceptors (Lipinski definition) is 3. The van der Waals surface area contributed by atoms with E-state index in [1.165, 1.54) is 13.2 Å². The third-order valence-electron chi connectivity index (χ3n) is 2.62. The third kappa shape index (κ3) is 3.32. The minimum absolute atomic E-state index is 0.0755. The van der Waals surface area contributed by atoms with Gasteiger partial charge in [0.2, 0.25) is 0 Å². The van der Waals surface area contributed by atoms with Crippen molar-refractivity contribution in [2.24, 2.45) is 0 Å². The molecule has 0 spiro atoms. The summed E-state index contributed by atoms with van der Waals surface area (Å²) in [6.45, 7) is 0. The lowest BCUT2D eigenvalue weighted by molar-refractivity contribution is 0.102. The van der Waals surface area contributed by atoms with Crippen molar-refractivity contribution in [3.05, 3.63) is 50.9 Å². The van der Waals surface area contributed by atoms with Crippen molar-refractivity contribution in [2.45, 2.75) is 0 Å². The zero-order valence-electron chi connectivity index (χ0n) is 10.5. The second-order valence-electron chi connectivity index (χ2n) is 3.96. The van der Waals surface area contributed by atoms with E-state index in [0.717, 1.165) is 8.95 Å². The molecule has 0 unspecified atom stereocenters. The molecule has 6 heteroatoms. The molecule has 2 N–H and O–H groups in total. The molecule has 0 aliphatic carbocycles. The van der Waals surface area contributed by atoms with Gasteiger partial charge in [-0.25, -0.2) is 0 Å². The van der Waals surface area contributed by atoms with Crippen molar-refractivity contribution >= 4 is 43.5 Å². The van der Waals surface area contributed by atoms with Crippen molar-refractivity contribution < 1.29 is 14.6 Å². The van der Waals surface area contributed by atoms with E-state index in [1.807, 2.05) is 12.1 Å². The van der Waals surface area contributed by atoms with Crippen LogP contribution < -0.4 is 10.1 Å². The number of methoxy groups -OCH3 is 1. The van der Waals surface area contributed by atoms with Crippen LogP contribution in [0.3, 0.4) is 0 Å². The molecule has 104 valence electrons. The van der Waals surface area contributed by atoms with Crippen LogP contribution in [0, 0.1) is 0 Å². The van der Waals surface area contributed by atoms with Gasteiger partial charge in [0.05, 0.1) is 12.8 Å². The van der Waals surface area contributed by atoms with E-state index in [2.05, 4.69) is 37.2 Å². The summed E-state index contributed by atoms with van der Waals surface area (Å²) in [5.41, 5.74) is 0.981. The maximum absolute atomic E-state index is 12.1. The third-order valence-corrected chi connectivity index (χ3v) is 3.80. The molecular formula is C14H11Br2NO3. The van der Waals surface area contributed by atoms with Gasteiger partial charge in [0.25, 0.3) is 5.91 Å². The fraction of sp³-hybridized carbons (Fsp3) is 0.0714. The predicted molar refractivity (Wildman–Crippen MR) is 84.5 cm³/mol. The van der Waals surface area contributed by atoms with Crippen LogP contribution in [0.15, 0.2) is 45.3 Å². The lowest BCUT2D eigenvalue weighted by Crippen LogP contribution is -2.12. The fourth-order valence-corrected chi connectivity index (χ4v) is 2.33. The van der Waals surface area contributed by atoms with Gasteiger partial charge in [-0.15, -0.1) is 0 Å². The molecule has 0 atom stereocenters. The van der Waals surface area contributed by atoms with Gasteiger partial charge < -0.3 is 15.2 Å². The van der Waals surface area contributed by atoms with Crippen LogP contribution in [-0.4, -0.2) is 18.1 Å². The van der Waals surface area contributed by atoms with Crippen LogP contribution in [0.4, 0.5) is 5.69 Å². The van der Waals surface area contributed by atoms with E-state index in [4.69, 9.17) is 4.74 Å². The van der Waals surface area contributed by atoms with Gasteiger partial charge in [-0.2, -0.15) is 0 Å². The topological polar surface area (TPSA) is 58.6 Å². The number of benzene rings is 2. The Morgan fingerprint density at radius 1 is 1.20 bits per heavy atom. The minimum Gasteiger partial charge on any atom is -0.504 e. The molecule has 0 aliphatic rings. The Morgan fingerprint density at radius 2 is 1.95 bits per heavy atom. The average Bonchev–Trinajstić information content (AvgIpc) is 2.42. The number of amides is 1. The summed E-state index contributed by atoms with van der Waals surface area (Å²) in [6, 6.07) is 9.95. The second kappa shape index (κ2) is 6.28. The zero-order valence-corrected chi connectivity index (χ0v) is 13.7. The van der Waals surface area contributed by atoms with Crippen LogP contribution in [0.25, 0.3) is 0 Å². The number of ether oxygens (including phenoxy) is 1. The number of halogens is 2. The summed E-state index contributed by atoms with van der Waals surface area (Å²) >= 11 is 6.71. The van der Waals surface area contributed by atoms with Gasteiger partial charge in [0.1, 0.15) is 0 Å². The first-order valence-electron chi connectivity index (χ1n) is 5.64. The standard InChI is InChI=1S/C14H11Br2NO3/c1-20-13-5-2-8(6-12(13)18)14(19)17-11-7-9(15)3-4-10(11)16/h2-7,18H,1H3,(H,17,19). The van der Waals surface area contributed by atoms with Gasteiger partial charge in [0, 0.05) is 14.5 Å². The Morgan fingerprint density at radius 3 is 2.60 bits per heavy atom. The molecule has 0 radical (unpaired) electrons. The first kappa shape index (κ1) is 14.9. The fourth-order valence-electron chi connectivity index (χ4n) is 1.62. The second-order valence-corrected chi connectivity index (χ2v) is 5.73. The number of phenolic OH excluding ortho intramolecular Hbond substituents is 1. The lowest BCUT2D eigenvalue weighted by Gasteiger charge is -2.09. The Hall–Kier alpha value is -1.53. The molecule has 0 fully saturated rings. The van der Waals surface area contributed by atoms with Crippen LogP contribution in [0.1, 0.15) is 10.4 Å². The first-order valence-corrected chi connectivity index (χ1v) is 7.23. The summed E-state index contributed by atoms with van der Waals surface area (Å²) in [6.07, 6.45) is 0. The Bertz CT molecular complexity index is 659. The molecule has 0 bridgehead atoms. The number of hydrogen-bond donors (Lipinski definition) is 2. The summed E-state index contributed by atoms with van der Waals surface area (Å²) < 4.78 is 6.56. The maximum Gasteiger partial charge on any atom is 0.255 e. The molecular weight excluding hydrogens is 390 g/mol. The zero-order chi connectivity index (χ0) is 14.7. The highest BCUT2D eigenvalue weighted by Gasteiger charge is 2.11. The molecule has 2 aromatic rings. The highest BCUT2D eigenvalue weighted by Crippen LogP contribution is 2.29. The van der Waals surface area contributed by atoms with Crippen molar-refractivity contribution in [1.29, 1.82) is 0 Å². The Balaban J connectivity index is 2.24. The minimum atomic E-state index is -0.318. The molecule has 0 aromatic heterocycles. The molecule has 4 nitrogen and oxygen atoms in total. The molecule has 2 aromatic carbocycles. The quantitative estimate of drug-likeness (QED) is 0.812. The predicted octanol–water partition coefficient (Wildman–Crippen LogP) is 4.18. The molecule has 2 rings (SSSR count). The number of aromatic hydroxyl groups is 1. The van der Waals surface area contributed by atoms with Gasteiger partial charge >= 0.3 is 0 Å². The van der Waals surface area contributed by atoms with Crippen LogP contribution >= 0.6 is 31.9 Å². The van der Waals surface area contributed by atoms with E-state index in [9.17, 15) is 9.90 Å². The largest absolute Gasteiger partial charge is 0.504 e. The average molecular weight is 401 g/mol. The Labute approximate surface area is 133 Å². The number of nitrogens with one attached hydrogen (secondary N) is 1. The summed E-state index contributed by atoms with van der Waals surface area (Å²) in [4.78, 5) is 12.1. The van der Waals surface area contributed by atoms with E-state index >= 15 is 0 Å². The molecule has 0 saturated heterocycles. The van der Waals surface area contributed by atoms with Crippen LogP contribution in [0.2, 0.25) is 0 Å². The SMILES string of the molecule is COc1ccc(C(=O)Nc2cc(Br)ccc2Br)cc1O. The smallest absolute Gasteiger partial charge is 0.255 e. The lowest BCUT2D eigenvalue weighted by atomic mass is 10.2. The Kier molecular flexibility index (Phi) is 4.67. The number of carbonyl (C=O) groups excluding carboxylic acids is 1. The highest BCUT2D eigenvalue weighted by atomic mass is 79.9. The number of rotatable bonds is 3. The molecule has 20 heavy (non-hydrogen) atoms. The summed E-state index contributed by atoms with van der Waals surface area (Å²) in [5, 5.41) is 12.4. The summed E-state index contributed by atoms with van der Waals surface area (Å²) in [5.74, 6) is -0.0691. The van der Waals surface area contributed by atoms with Gasteiger partial charge in [-0.05, 0) is 52.3 Å². The monoisotopic (exact) mass is 399 g/mol. The maximum atomic E-state index is 12.1. The van der Waals surface area contributed by atoms with Crippen molar-refractivity contribution in [1.82, 2.24) is 0 Å². The number of phenols is 1. The summed E-state index contributed by atoms with van der Waals surface area (Å²) in [7, 11) is 1.45. The molecule has 0 heterocycles. The highest BCUT2D eigenvalue weighted by molar-refractivity contribution is 9.11. The first-order chi connectivity index (χ1) is 9.51. The van der Waals surface area contributed by atoms with E-state index in [-0.39, 0.29) is 11.7 Å². The van der Waals surface area contributed by atoms with Gasteiger partial charge in [-0.1, -0.05) is 15.9 Å². The molecule has 1 amide bonds. The van der Waals surface area contributed by atoms with Crippen LogP contribution in [0.5, 0.6) is 11.5 Å². The number of carbonyl (C=O) groups is 1. The molecule has 0 aliphatic heterocycles.